The summed E-state index contributed by atoms with van der Waals surface area (Å²) in [5.41, 5.74) is 3.45. The molecule has 3 aromatic carbocycles. The lowest BCUT2D eigenvalue weighted by atomic mass is 10.1. The van der Waals surface area contributed by atoms with Crippen molar-refractivity contribution in [3.8, 4) is 5.75 Å². The quantitative estimate of drug-likeness (QED) is 0.383. The van der Waals surface area contributed by atoms with Gasteiger partial charge in [-0.05, 0) is 36.8 Å². The maximum absolute atomic E-state index is 13.7. The fourth-order valence-corrected chi connectivity index (χ4v) is 4.65. The van der Waals surface area contributed by atoms with Crippen molar-refractivity contribution in [2.24, 2.45) is 0 Å². The molecule has 6 rings (SSSR count). The van der Waals surface area contributed by atoms with Crippen LogP contribution in [0.15, 0.2) is 83.3 Å². The van der Waals surface area contributed by atoms with Gasteiger partial charge in [-0.25, -0.2) is 4.98 Å². The number of carbonyl (C=O) groups excluding carboxylic acids is 1. The van der Waals surface area contributed by atoms with Gasteiger partial charge in [0.15, 0.2) is 5.76 Å². The monoisotopic (exact) mass is 466 g/mol. The Hall–Kier alpha value is -4.26. The summed E-state index contributed by atoms with van der Waals surface area (Å²) < 4.78 is 12.1. The Morgan fingerprint density at radius 1 is 0.914 bits per heavy atom. The number of hydrogen-bond donors (Lipinski definition) is 1. The van der Waals surface area contributed by atoms with Crippen molar-refractivity contribution in [2.45, 2.75) is 13.0 Å². The lowest BCUT2D eigenvalue weighted by molar-refractivity contribution is 0.0733. The van der Waals surface area contributed by atoms with Gasteiger partial charge in [0.05, 0.1) is 11.0 Å². The average Bonchev–Trinajstić information content (AvgIpc) is 3.41. The summed E-state index contributed by atoms with van der Waals surface area (Å²) in [6.07, 6.45) is 0.846. The molecule has 35 heavy (non-hydrogen) atoms. The van der Waals surface area contributed by atoms with Gasteiger partial charge in [0, 0.05) is 37.1 Å². The molecular formula is C28H26N4O3. The Labute approximate surface area is 202 Å². The Bertz CT molecular complexity index is 1440. The number of nitrogens with one attached hydrogen (secondary N) is 1. The van der Waals surface area contributed by atoms with Crippen LogP contribution in [0.2, 0.25) is 0 Å². The molecule has 0 atom stereocenters. The molecule has 0 unspecified atom stereocenters. The number of aromatic nitrogens is 2. The van der Waals surface area contributed by atoms with Crippen molar-refractivity contribution >= 4 is 33.9 Å². The number of ether oxygens (including phenoxy) is 1. The number of nitrogens with zero attached hydrogens (tertiary/aromatic N) is 3. The van der Waals surface area contributed by atoms with Gasteiger partial charge in [-0.3, -0.25) is 4.79 Å². The maximum atomic E-state index is 13.7. The zero-order valence-corrected chi connectivity index (χ0v) is 19.3. The minimum atomic E-state index is -0.0979. The molecule has 7 nitrogen and oxygen atoms in total. The zero-order valence-electron chi connectivity index (χ0n) is 19.3. The molecule has 0 aliphatic carbocycles. The van der Waals surface area contributed by atoms with Gasteiger partial charge in [-0.1, -0.05) is 48.5 Å². The third-order valence-corrected chi connectivity index (χ3v) is 6.48. The third-order valence-electron chi connectivity index (χ3n) is 6.48. The van der Waals surface area contributed by atoms with E-state index < -0.39 is 0 Å². The molecule has 1 aliphatic heterocycles. The predicted molar refractivity (Wildman–Crippen MR) is 136 cm³/mol. The van der Waals surface area contributed by atoms with Crippen molar-refractivity contribution in [1.29, 1.82) is 0 Å². The molecule has 0 spiro atoms. The number of rotatable bonds is 5. The molecule has 1 saturated heterocycles. The van der Waals surface area contributed by atoms with Crippen LogP contribution in [0.1, 0.15) is 22.5 Å². The first kappa shape index (κ1) is 21.3. The second-order valence-electron chi connectivity index (χ2n) is 8.72. The first-order valence-electron chi connectivity index (χ1n) is 11.9. The van der Waals surface area contributed by atoms with Crippen LogP contribution in [0.5, 0.6) is 5.75 Å². The minimum absolute atomic E-state index is 0.0979. The predicted octanol–water partition coefficient (Wildman–Crippen LogP) is 5.24. The molecule has 0 bridgehead atoms. The summed E-state index contributed by atoms with van der Waals surface area (Å²) in [5, 5.41) is 0.908. The summed E-state index contributed by atoms with van der Waals surface area (Å²) in [5.74, 6) is 1.87. The smallest absolute Gasteiger partial charge is 0.290 e. The second-order valence-corrected chi connectivity index (χ2v) is 8.72. The lowest BCUT2D eigenvalue weighted by Gasteiger charge is -2.21. The van der Waals surface area contributed by atoms with Crippen molar-refractivity contribution < 1.29 is 13.9 Å². The number of H-pyrrole nitrogens is 1. The first-order chi connectivity index (χ1) is 17.3. The number of imidazole rings is 1. The molecule has 176 valence electrons. The molecule has 1 fully saturated rings. The van der Waals surface area contributed by atoms with E-state index in [9.17, 15) is 4.79 Å². The van der Waals surface area contributed by atoms with E-state index in [0.717, 1.165) is 46.6 Å². The second kappa shape index (κ2) is 9.18. The lowest BCUT2D eigenvalue weighted by Crippen LogP contribution is -2.35. The highest BCUT2D eigenvalue weighted by molar-refractivity contribution is 5.99. The fourth-order valence-electron chi connectivity index (χ4n) is 4.65. The molecule has 3 heterocycles. The SMILES string of the molecule is O=C(c1oc2ccccc2c1COc1ccccc1)N1CCCN(c2nc3ccccc3[nH]2)CC1. The number of benzene rings is 3. The summed E-state index contributed by atoms with van der Waals surface area (Å²) in [7, 11) is 0. The van der Waals surface area contributed by atoms with E-state index in [4.69, 9.17) is 14.1 Å². The Morgan fingerprint density at radius 3 is 2.60 bits per heavy atom. The topological polar surface area (TPSA) is 74.6 Å². The third kappa shape index (κ3) is 4.21. The van der Waals surface area contributed by atoms with Crippen molar-refractivity contribution in [3.63, 3.8) is 0 Å². The van der Waals surface area contributed by atoms with Crippen LogP contribution in [0.3, 0.4) is 0 Å². The van der Waals surface area contributed by atoms with Crippen LogP contribution in [0.25, 0.3) is 22.0 Å². The van der Waals surface area contributed by atoms with Crippen LogP contribution in [-0.4, -0.2) is 47.0 Å². The highest BCUT2D eigenvalue weighted by atomic mass is 16.5. The van der Waals surface area contributed by atoms with Crippen LogP contribution in [-0.2, 0) is 6.61 Å². The average molecular weight is 467 g/mol. The van der Waals surface area contributed by atoms with E-state index >= 15 is 0 Å². The van der Waals surface area contributed by atoms with Gasteiger partial charge < -0.3 is 23.9 Å². The van der Waals surface area contributed by atoms with E-state index in [0.29, 0.717) is 31.0 Å². The molecule has 1 amide bonds. The normalized spacial score (nSPS) is 14.4. The largest absolute Gasteiger partial charge is 0.489 e. The summed E-state index contributed by atoms with van der Waals surface area (Å²) in [6, 6.07) is 25.4. The van der Waals surface area contributed by atoms with Crippen molar-refractivity contribution in [3.05, 3.63) is 90.2 Å². The van der Waals surface area contributed by atoms with Crippen LogP contribution >= 0.6 is 0 Å². The highest BCUT2D eigenvalue weighted by Gasteiger charge is 2.28. The van der Waals surface area contributed by atoms with Crippen molar-refractivity contribution in [2.75, 3.05) is 31.1 Å². The summed E-state index contributed by atoms with van der Waals surface area (Å²) in [4.78, 5) is 25.9. The Morgan fingerprint density at radius 2 is 1.71 bits per heavy atom. The van der Waals surface area contributed by atoms with Crippen molar-refractivity contribution in [1.82, 2.24) is 14.9 Å². The van der Waals surface area contributed by atoms with E-state index in [1.54, 1.807) is 0 Å². The molecule has 7 heteroatoms. The van der Waals surface area contributed by atoms with Gasteiger partial charge in [0.25, 0.3) is 5.91 Å². The Kier molecular flexibility index (Phi) is 5.58. The van der Waals surface area contributed by atoms with Crippen LogP contribution in [0, 0.1) is 0 Å². The number of furan rings is 1. The number of aromatic amines is 1. The minimum Gasteiger partial charge on any atom is -0.489 e. The number of fused-ring (bicyclic) bond motifs is 2. The molecule has 0 radical (unpaired) electrons. The maximum Gasteiger partial charge on any atom is 0.290 e. The van der Waals surface area contributed by atoms with E-state index in [1.165, 1.54) is 0 Å². The van der Waals surface area contributed by atoms with E-state index in [1.807, 2.05) is 83.8 Å². The summed E-state index contributed by atoms with van der Waals surface area (Å²) >= 11 is 0. The van der Waals surface area contributed by atoms with Crippen LogP contribution < -0.4 is 9.64 Å². The first-order valence-corrected chi connectivity index (χ1v) is 11.9. The van der Waals surface area contributed by atoms with Gasteiger partial charge in [0.2, 0.25) is 5.95 Å². The van der Waals surface area contributed by atoms with Gasteiger partial charge in [-0.15, -0.1) is 0 Å². The van der Waals surface area contributed by atoms with E-state index in [-0.39, 0.29) is 12.5 Å². The molecule has 5 aromatic rings. The summed E-state index contributed by atoms with van der Waals surface area (Å²) in [6.45, 7) is 3.04. The molecule has 1 aliphatic rings. The number of hydrogen-bond acceptors (Lipinski definition) is 5. The van der Waals surface area contributed by atoms with Crippen LogP contribution in [0.4, 0.5) is 5.95 Å². The van der Waals surface area contributed by atoms with Gasteiger partial charge in [-0.2, -0.15) is 0 Å². The van der Waals surface area contributed by atoms with Gasteiger partial charge in [0.1, 0.15) is 17.9 Å². The number of carbonyl (C=O) groups is 1. The molecule has 2 aromatic heterocycles. The standard InChI is InChI=1S/C28H26N4O3/c33-27(31-15-8-16-32(18-17-31)28-29-23-12-5-6-13-24(23)30-28)26-22(19-34-20-9-2-1-3-10-20)21-11-4-7-14-25(21)35-26/h1-7,9-14H,8,15-19H2,(H,29,30). The van der Waals surface area contributed by atoms with E-state index in [2.05, 4.69) is 9.88 Å². The molecule has 1 N–H and O–H groups in total. The fraction of sp³-hybridized carbons (Fsp3) is 0.214. The molecule has 0 saturated carbocycles. The zero-order chi connectivity index (χ0) is 23.6. The van der Waals surface area contributed by atoms with Gasteiger partial charge >= 0.3 is 0 Å². The number of para-hydroxylation sites is 4. The Balaban J connectivity index is 1.23. The molecular weight excluding hydrogens is 440 g/mol. The highest BCUT2D eigenvalue weighted by Crippen LogP contribution is 2.29. The number of amides is 1. The number of anilines is 1.